The van der Waals surface area contributed by atoms with Crippen molar-refractivity contribution in [3.05, 3.63) is 65.7 Å². The fraction of sp³-hybridized carbons (Fsp3) is 0.190. The van der Waals surface area contributed by atoms with E-state index in [0.717, 1.165) is 16.3 Å². The predicted molar refractivity (Wildman–Crippen MR) is 111 cm³/mol. The molecule has 0 spiro atoms. The number of benzene rings is 2. The van der Waals surface area contributed by atoms with Crippen molar-refractivity contribution in [3.63, 3.8) is 0 Å². The van der Waals surface area contributed by atoms with Crippen LogP contribution in [0.25, 0.3) is 10.6 Å². The summed E-state index contributed by atoms with van der Waals surface area (Å²) in [5.41, 5.74) is 5.88. The Bertz CT molecular complexity index is 958. The first-order valence-corrected chi connectivity index (χ1v) is 9.95. The summed E-state index contributed by atoms with van der Waals surface area (Å²) < 4.78 is 10.9. The Kier molecular flexibility index (Phi) is 6.80. The quantitative estimate of drug-likeness (QED) is 0.582. The van der Waals surface area contributed by atoms with Gasteiger partial charge in [0.05, 0.1) is 6.61 Å². The van der Waals surface area contributed by atoms with Crippen LogP contribution in [0.1, 0.15) is 24.3 Å². The lowest BCUT2D eigenvalue weighted by atomic mass is 10.2. The van der Waals surface area contributed by atoms with E-state index < -0.39 is 17.9 Å². The summed E-state index contributed by atoms with van der Waals surface area (Å²) in [6.45, 7) is 4.07. The van der Waals surface area contributed by atoms with Crippen molar-refractivity contribution < 1.29 is 19.1 Å². The molecule has 29 heavy (non-hydrogen) atoms. The Balaban J connectivity index is 1.50. The molecule has 0 fully saturated rings. The zero-order valence-electron chi connectivity index (χ0n) is 16.0. The smallest absolute Gasteiger partial charge is 0.289 e. The molecule has 3 rings (SSSR count). The molecule has 7 nitrogen and oxygen atoms in total. The lowest BCUT2D eigenvalue weighted by molar-refractivity contribution is -0.128. The van der Waals surface area contributed by atoms with Crippen molar-refractivity contribution in [3.8, 4) is 22.1 Å². The minimum absolute atomic E-state index is 0.231. The summed E-state index contributed by atoms with van der Waals surface area (Å²) in [6, 6.07) is 16.5. The van der Waals surface area contributed by atoms with Gasteiger partial charge in [-0.05, 0) is 38.1 Å². The van der Waals surface area contributed by atoms with Crippen LogP contribution >= 0.6 is 11.3 Å². The molecule has 1 aromatic heterocycles. The number of ether oxygens (including phenoxy) is 2. The van der Waals surface area contributed by atoms with Crippen LogP contribution in [0.4, 0.5) is 0 Å². The number of amides is 2. The molecule has 2 N–H and O–H groups in total. The van der Waals surface area contributed by atoms with Crippen LogP contribution in [0.5, 0.6) is 11.5 Å². The number of thiazole rings is 1. The predicted octanol–water partition coefficient (Wildman–Crippen LogP) is 3.44. The third kappa shape index (κ3) is 5.55. The highest BCUT2D eigenvalue weighted by atomic mass is 32.1. The molecular formula is C21H21N3O4S. The van der Waals surface area contributed by atoms with E-state index in [1.54, 1.807) is 36.6 Å². The average molecular weight is 411 g/mol. The summed E-state index contributed by atoms with van der Waals surface area (Å²) in [6.07, 6.45) is -0.802. The number of carbonyl (C=O) groups is 2. The second kappa shape index (κ2) is 9.70. The van der Waals surface area contributed by atoms with Crippen LogP contribution in [0.3, 0.4) is 0 Å². The molecule has 1 atom stereocenters. The van der Waals surface area contributed by atoms with Gasteiger partial charge >= 0.3 is 0 Å². The number of rotatable bonds is 7. The first kappa shape index (κ1) is 20.3. The maximum absolute atomic E-state index is 12.2. The van der Waals surface area contributed by atoms with Crippen LogP contribution in [0, 0.1) is 0 Å². The molecule has 1 heterocycles. The molecule has 0 bridgehead atoms. The van der Waals surface area contributed by atoms with Gasteiger partial charge in [0.15, 0.2) is 6.10 Å². The second-order valence-corrected chi connectivity index (χ2v) is 6.87. The Morgan fingerprint density at radius 3 is 2.41 bits per heavy atom. The van der Waals surface area contributed by atoms with Crippen LogP contribution in [-0.2, 0) is 4.79 Å². The molecule has 2 aromatic carbocycles. The summed E-state index contributed by atoms with van der Waals surface area (Å²) in [5.74, 6) is 0.271. The minimum atomic E-state index is -0.802. The SMILES string of the molecule is CCOc1ccc(OC(C)C(=O)NNC(=O)c2csc(-c3ccccc3)n2)cc1. The lowest BCUT2D eigenvalue weighted by Crippen LogP contribution is -2.47. The third-order valence-electron chi connectivity index (χ3n) is 3.87. The van der Waals surface area contributed by atoms with E-state index in [2.05, 4.69) is 15.8 Å². The van der Waals surface area contributed by atoms with Crippen molar-refractivity contribution in [2.75, 3.05) is 6.61 Å². The van der Waals surface area contributed by atoms with Crippen molar-refractivity contribution in [2.45, 2.75) is 20.0 Å². The zero-order valence-corrected chi connectivity index (χ0v) is 16.9. The average Bonchev–Trinajstić information content (AvgIpc) is 3.24. The van der Waals surface area contributed by atoms with Gasteiger partial charge in [-0.3, -0.25) is 20.4 Å². The molecule has 150 valence electrons. The first-order chi connectivity index (χ1) is 14.1. The minimum Gasteiger partial charge on any atom is -0.494 e. The van der Waals surface area contributed by atoms with Gasteiger partial charge in [-0.1, -0.05) is 30.3 Å². The van der Waals surface area contributed by atoms with E-state index in [0.29, 0.717) is 12.4 Å². The van der Waals surface area contributed by atoms with Gasteiger partial charge in [-0.15, -0.1) is 11.3 Å². The van der Waals surface area contributed by atoms with E-state index in [-0.39, 0.29) is 5.69 Å². The first-order valence-electron chi connectivity index (χ1n) is 9.07. The van der Waals surface area contributed by atoms with Crippen LogP contribution in [0.15, 0.2) is 60.0 Å². The molecule has 0 saturated carbocycles. The van der Waals surface area contributed by atoms with Crippen molar-refractivity contribution in [1.29, 1.82) is 0 Å². The van der Waals surface area contributed by atoms with Crippen LogP contribution < -0.4 is 20.3 Å². The number of hydrazine groups is 1. The van der Waals surface area contributed by atoms with Gasteiger partial charge < -0.3 is 9.47 Å². The molecule has 0 aliphatic carbocycles. The van der Waals surface area contributed by atoms with Crippen LogP contribution in [0.2, 0.25) is 0 Å². The monoisotopic (exact) mass is 411 g/mol. The number of hydrogen-bond acceptors (Lipinski definition) is 6. The molecule has 1 unspecified atom stereocenters. The van der Waals surface area contributed by atoms with E-state index in [1.807, 2.05) is 37.3 Å². The second-order valence-electron chi connectivity index (χ2n) is 6.01. The molecule has 0 aliphatic heterocycles. The third-order valence-corrected chi connectivity index (χ3v) is 4.76. The van der Waals surface area contributed by atoms with Crippen molar-refractivity contribution >= 4 is 23.2 Å². The largest absolute Gasteiger partial charge is 0.494 e. The highest BCUT2D eigenvalue weighted by Gasteiger charge is 2.17. The molecule has 0 aliphatic rings. The van der Waals surface area contributed by atoms with Gasteiger partial charge in [0.1, 0.15) is 22.2 Å². The van der Waals surface area contributed by atoms with Gasteiger partial charge in [0.2, 0.25) is 0 Å². The van der Waals surface area contributed by atoms with Gasteiger partial charge in [-0.25, -0.2) is 4.98 Å². The Morgan fingerprint density at radius 1 is 1.03 bits per heavy atom. The number of nitrogens with one attached hydrogen (secondary N) is 2. The number of hydrogen-bond donors (Lipinski definition) is 2. The fourth-order valence-electron chi connectivity index (χ4n) is 2.41. The highest BCUT2D eigenvalue weighted by molar-refractivity contribution is 7.13. The van der Waals surface area contributed by atoms with Gasteiger partial charge in [-0.2, -0.15) is 0 Å². The molecule has 3 aromatic rings. The van der Waals surface area contributed by atoms with Gasteiger partial charge in [0.25, 0.3) is 11.8 Å². The number of carbonyl (C=O) groups excluding carboxylic acids is 2. The Labute approximate surface area is 172 Å². The molecular weight excluding hydrogens is 390 g/mol. The highest BCUT2D eigenvalue weighted by Crippen LogP contribution is 2.23. The van der Waals surface area contributed by atoms with Crippen molar-refractivity contribution in [2.24, 2.45) is 0 Å². The molecule has 0 saturated heterocycles. The zero-order chi connectivity index (χ0) is 20.6. The summed E-state index contributed by atoms with van der Waals surface area (Å²) in [5, 5.41) is 2.37. The topological polar surface area (TPSA) is 89.5 Å². The normalized spacial score (nSPS) is 11.4. The standard InChI is InChI=1S/C21H21N3O4S/c1-3-27-16-9-11-17(12-10-16)28-14(2)19(25)23-24-20(26)18-13-29-21(22-18)15-7-5-4-6-8-15/h4-14H,3H2,1-2H3,(H,23,25)(H,24,26). The molecule has 2 amide bonds. The maximum atomic E-state index is 12.2. The maximum Gasteiger partial charge on any atom is 0.289 e. The van der Waals surface area contributed by atoms with Crippen LogP contribution in [-0.4, -0.2) is 29.5 Å². The lowest BCUT2D eigenvalue weighted by Gasteiger charge is -2.15. The summed E-state index contributed by atoms with van der Waals surface area (Å²) >= 11 is 1.36. The summed E-state index contributed by atoms with van der Waals surface area (Å²) in [7, 11) is 0. The van der Waals surface area contributed by atoms with E-state index >= 15 is 0 Å². The fourth-order valence-corrected chi connectivity index (χ4v) is 3.22. The van der Waals surface area contributed by atoms with E-state index in [9.17, 15) is 9.59 Å². The molecule has 0 radical (unpaired) electrons. The van der Waals surface area contributed by atoms with E-state index in [1.165, 1.54) is 11.3 Å². The van der Waals surface area contributed by atoms with Gasteiger partial charge in [0, 0.05) is 10.9 Å². The Hall–Kier alpha value is -3.39. The Morgan fingerprint density at radius 2 is 1.72 bits per heavy atom. The molecule has 8 heteroatoms. The van der Waals surface area contributed by atoms with E-state index in [4.69, 9.17) is 9.47 Å². The number of aromatic nitrogens is 1. The van der Waals surface area contributed by atoms with Crippen molar-refractivity contribution in [1.82, 2.24) is 15.8 Å². The summed E-state index contributed by atoms with van der Waals surface area (Å²) in [4.78, 5) is 28.7. The number of nitrogens with zero attached hydrogens (tertiary/aromatic N) is 1.